The molecule has 0 aliphatic heterocycles. The van der Waals surface area contributed by atoms with Gasteiger partial charge in [-0.05, 0) is 18.6 Å². The van der Waals surface area contributed by atoms with Crippen molar-refractivity contribution in [3.8, 4) is 0 Å². The van der Waals surface area contributed by atoms with Gasteiger partial charge in [-0.25, -0.2) is 0 Å². The number of rotatable bonds is 5. The molecule has 0 aliphatic carbocycles. The zero-order valence-corrected chi connectivity index (χ0v) is 7.46. The summed E-state index contributed by atoms with van der Waals surface area (Å²) < 4.78 is 0. The second-order valence-electron chi connectivity index (χ2n) is 2.71. The van der Waals surface area contributed by atoms with E-state index < -0.39 is 5.92 Å². The van der Waals surface area contributed by atoms with Crippen LogP contribution in [0.1, 0.15) is 13.8 Å². The Morgan fingerprint density at radius 3 is 2.25 bits per heavy atom. The minimum absolute atomic E-state index is 0.149. The van der Waals surface area contributed by atoms with Gasteiger partial charge >= 0.3 is 0 Å². The number of allylic oxidation sites excluding steroid dienone is 2. The van der Waals surface area contributed by atoms with Crippen molar-refractivity contribution < 1.29 is 9.59 Å². The van der Waals surface area contributed by atoms with E-state index in [1.165, 1.54) is 12.5 Å². The normalized spacial score (nSPS) is 11.8. The minimum Gasteiger partial charge on any atom is -0.295 e. The number of hydrogen-bond acceptors (Lipinski definition) is 2. The van der Waals surface area contributed by atoms with E-state index in [1.807, 2.05) is 0 Å². The van der Waals surface area contributed by atoms with E-state index in [4.69, 9.17) is 0 Å². The molecule has 0 bridgehead atoms. The van der Waals surface area contributed by atoms with Crippen molar-refractivity contribution in [2.75, 3.05) is 0 Å². The van der Waals surface area contributed by atoms with Gasteiger partial charge in [0, 0.05) is 12.3 Å². The van der Waals surface area contributed by atoms with Crippen LogP contribution in [0.15, 0.2) is 24.8 Å². The van der Waals surface area contributed by atoms with Gasteiger partial charge < -0.3 is 0 Å². The number of carbonyl (C=O) groups is 2. The molecular weight excluding hydrogens is 152 g/mol. The van der Waals surface area contributed by atoms with E-state index >= 15 is 0 Å². The molecule has 0 aliphatic rings. The third-order valence-electron chi connectivity index (χ3n) is 1.47. The van der Waals surface area contributed by atoms with Gasteiger partial charge in [0.25, 0.3) is 0 Å². The van der Waals surface area contributed by atoms with E-state index in [9.17, 15) is 9.59 Å². The quantitative estimate of drug-likeness (QED) is 0.581. The van der Waals surface area contributed by atoms with Crippen molar-refractivity contribution in [1.82, 2.24) is 0 Å². The Balaban J connectivity index is 4.09. The maximum Gasteiger partial charge on any atom is 0.162 e. The molecule has 1 radical (unpaired) electrons. The molecule has 0 heterocycles. The van der Waals surface area contributed by atoms with Gasteiger partial charge in [0.1, 0.15) is 0 Å². The highest BCUT2D eigenvalue weighted by atomic mass is 16.1. The summed E-state index contributed by atoms with van der Waals surface area (Å²) in [6.45, 7) is 10.1. The lowest BCUT2D eigenvalue weighted by Gasteiger charge is -2.04. The molecule has 0 rings (SSSR count). The minimum atomic E-state index is -0.397. The average molecular weight is 165 g/mol. The van der Waals surface area contributed by atoms with Gasteiger partial charge in [-0.1, -0.05) is 20.1 Å². The summed E-state index contributed by atoms with van der Waals surface area (Å²) in [6.07, 6.45) is 2.57. The zero-order chi connectivity index (χ0) is 9.72. The van der Waals surface area contributed by atoms with Gasteiger partial charge in [0.2, 0.25) is 0 Å². The van der Waals surface area contributed by atoms with Crippen molar-refractivity contribution in [1.29, 1.82) is 0 Å². The van der Waals surface area contributed by atoms with Crippen molar-refractivity contribution in [2.24, 2.45) is 5.92 Å². The summed E-state index contributed by atoms with van der Waals surface area (Å²) in [6, 6.07) is 0. The largest absolute Gasteiger partial charge is 0.295 e. The van der Waals surface area contributed by atoms with Crippen molar-refractivity contribution in [2.45, 2.75) is 13.8 Å². The maximum absolute atomic E-state index is 11.0. The third-order valence-corrected chi connectivity index (χ3v) is 1.47. The molecule has 1 atom stereocenters. The Hall–Kier alpha value is -1.18. The molecule has 12 heavy (non-hydrogen) atoms. The SMILES string of the molecule is C=CC(=O)C(C)[CH]C(=O)C(=C)C. The first-order valence-corrected chi connectivity index (χ1v) is 3.70. The van der Waals surface area contributed by atoms with Crippen LogP contribution >= 0.6 is 0 Å². The third kappa shape index (κ3) is 3.28. The summed E-state index contributed by atoms with van der Waals surface area (Å²) >= 11 is 0. The fraction of sp³-hybridized carbons (Fsp3) is 0.300. The van der Waals surface area contributed by atoms with Crippen LogP contribution in [0.25, 0.3) is 0 Å². The van der Waals surface area contributed by atoms with Gasteiger partial charge in [0.15, 0.2) is 11.6 Å². The molecule has 65 valence electrons. The molecule has 0 N–H and O–H groups in total. The topological polar surface area (TPSA) is 34.1 Å². The van der Waals surface area contributed by atoms with Crippen LogP contribution < -0.4 is 0 Å². The van der Waals surface area contributed by atoms with Gasteiger partial charge in [-0.3, -0.25) is 9.59 Å². The van der Waals surface area contributed by atoms with Crippen LogP contribution in [0.3, 0.4) is 0 Å². The fourth-order valence-corrected chi connectivity index (χ4v) is 0.637. The smallest absolute Gasteiger partial charge is 0.162 e. The Morgan fingerprint density at radius 1 is 1.42 bits per heavy atom. The van der Waals surface area contributed by atoms with Crippen molar-refractivity contribution in [3.63, 3.8) is 0 Å². The Bertz CT molecular complexity index is 226. The molecule has 0 saturated heterocycles. The average Bonchev–Trinajstić information content (AvgIpc) is 2.02. The first-order chi connectivity index (χ1) is 5.49. The maximum atomic E-state index is 11.0. The molecule has 0 aromatic heterocycles. The molecular formula is C10H13O2. The molecule has 0 aromatic carbocycles. The molecule has 0 saturated carbocycles. The summed E-state index contributed by atoms with van der Waals surface area (Å²) in [4.78, 5) is 22.0. The lowest BCUT2D eigenvalue weighted by atomic mass is 9.97. The molecule has 0 fully saturated rings. The van der Waals surface area contributed by atoms with Crippen LogP contribution in [0.5, 0.6) is 0 Å². The number of carbonyl (C=O) groups excluding carboxylic acids is 2. The molecule has 0 aromatic rings. The Kier molecular flexibility index (Phi) is 4.19. The molecule has 2 heteroatoms. The van der Waals surface area contributed by atoms with E-state index in [1.54, 1.807) is 13.8 Å². The first-order valence-electron chi connectivity index (χ1n) is 3.70. The van der Waals surface area contributed by atoms with E-state index in [0.717, 1.165) is 0 Å². The standard InChI is InChI=1S/C10H13O2/c1-5-9(11)8(4)6-10(12)7(2)3/h5-6,8H,1-2H2,3-4H3. The lowest BCUT2D eigenvalue weighted by molar-refractivity contribution is -0.119. The molecule has 0 amide bonds. The van der Waals surface area contributed by atoms with Crippen LogP contribution in [-0.4, -0.2) is 11.6 Å². The summed E-state index contributed by atoms with van der Waals surface area (Å²) in [7, 11) is 0. The first kappa shape index (κ1) is 10.8. The van der Waals surface area contributed by atoms with Gasteiger partial charge in [-0.15, -0.1) is 0 Å². The highest BCUT2D eigenvalue weighted by molar-refractivity contribution is 6.05. The predicted molar refractivity (Wildman–Crippen MR) is 48.5 cm³/mol. The molecule has 1 unspecified atom stereocenters. The monoisotopic (exact) mass is 165 g/mol. The van der Waals surface area contributed by atoms with Crippen molar-refractivity contribution >= 4 is 11.6 Å². The van der Waals surface area contributed by atoms with Crippen LogP contribution in [0.4, 0.5) is 0 Å². The number of hydrogen-bond donors (Lipinski definition) is 0. The van der Waals surface area contributed by atoms with Crippen LogP contribution in [-0.2, 0) is 9.59 Å². The van der Waals surface area contributed by atoms with Crippen molar-refractivity contribution in [3.05, 3.63) is 31.2 Å². The molecule has 2 nitrogen and oxygen atoms in total. The summed E-state index contributed by atoms with van der Waals surface area (Å²) in [5, 5.41) is 0. The summed E-state index contributed by atoms with van der Waals surface area (Å²) in [5.74, 6) is -0.728. The van der Waals surface area contributed by atoms with E-state index in [2.05, 4.69) is 13.2 Å². The van der Waals surface area contributed by atoms with E-state index in [-0.39, 0.29) is 11.6 Å². The Morgan fingerprint density at radius 2 is 1.92 bits per heavy atom. The molecule has 0 spiro atoms. The fourth-order valence-electron chi connectivity index (χ4n) is 0.637. The number of ketones is 2. The number of Topliss-reactive ketones (excluding diaryl/α,β-unsaturated/α-hetero) is 1. The predicted octanol–water partition coefficient (Wildman–Crippen LogP) is 1.73. The van der Waals surface area contributed by atoms with Crippen LogP contribution in [0, 0.1) is 12.3 Å². The second-order valence-corrected chi connectivity index (χ2v) is 2.71. The van der Waals surface area contributed by atoms with Gasteiger partial charge in [0.05, 0.1) is 0 Å². The highest BCUT2D eigenvalue weighted by Crippen LogP contribution is 2.06. The van der Waals surface area contributed by atoms with Crippen LogP contribution in [0.2, 0.25) is 0 Å². The zero-order valence-electron chi connectivity index (χ0n) is 7.46. The van der Waals surface area contributed by atoms with Gasteiger partial charge in [-0.2, -0.15) is 0 Å². The highest BCUT2D eigenvalue weighted by Gasteiger charge is 2.14. The second kappa shape index (κ2) is 4.65. The summed E-state index contributed by atoms with van der Waals surface area (Å²) in [5.41, 5.74) is 0.443. The van der Waals surface area contributed by atoms with E-state index in [0.29, 0.717) is 5.57 Å². The Labute approximate surface area is 73.0 Å². The lowest BCUT2D eigenvalue weighted by Crippen LogP contribution is -2.14.